The zero-order valence-corrected chi connectivity index (χ0v) is 13.9. The Morgan fingerprint density at radius 1 is 1.31 bits per heavy atom. The summed E-state index contributed by atoms with van der Waals surface area (Å²) in [6.45, 7) is -8.08. The smallest absolute Gasteiger partial charge is 0.330 e. The molecule has 0 unspecified atom stereocenters. The predicted octanol–water partition coefficient (Wildman–Crippen LogP) is 3.91. The fraction of sp³-hybridized carbons (Fsp3) is 0.300. The Balaban J connectivity index is 2.56. The van der Waals surface area contributed by atoms with Gasteiger partial charge in [-0.3, -0.25) is 0 Å². The Labute approximate surface area is 164 Å². The van der Waals surface area contributed by atoms with Gasteiger partial charge < -0.3 is 4.74 Å². The van der Waals surface area contributed by atoms with Crippen molar-refractivity contribution in [2.45, 2.75) is 26.3 Å². The number of benzene rings is 2. The second-order valence-corrected chi connectivity index (χ2v) is 5.21. The van der Waals surface area contributed by atoms with E-state index < -0.39 is 38.1 Å². The fourth-order valence-corrected chi connectivity index (χ4v) is 2.38. The minimum Gasteiger partial charge on any atom is -0.467 e. The SMILES string of the molecule is [2H]C([2H])([2H])C([2H])(C([2H])([2H])[2H])[C@@]([2H])(C(=O)OC)N(Cc1ccc(-c2ccccc2C#N)cc1)N=O. The first-order valence-corrected chi connectivity index (χ1v) is 7.46. The van der Waals surface area contributed by atoms with E-state index in [1.807, 2.05) is 0 Å². The molecule has 6 nitrogen and oxygen atoms in total. The molecule has 0 amide bonds. The summed E-state index contributed by atoms with van der Waals surface area (Å²) in [7, 11) is 0.773. The molecular formula is C20H21N3O3. The van der Waals surface area contributed by atoms with Gasteiger partial charge >= 0.3 is 5.97 Å². The van der Waals surface area contributed by atoms with Gasteiger partial charge in [0.15, 0.2) is 6.02 Å². The fourth-order valence-electron chi connectivity index (χ4n) is 2.38. The van der Waals surface area contributed by atoms with E-state index in [4.69, 9.17) is 11.0 Å². The number of nitroso groups, excluding NO2 is 1. The number of carbonyl (C=O) groups is 1. The van der Waals surface area contributed by atoms with Crippen LogP contribution in [0.2, 0.25) is 0 Å². The summed E-state index contributed by atoms with van der Waals surface area (Å²) in [4.78, 5) is 24.3. The molecule has 0 radical (unpaired) electrons. The minimum absolute atomic E-state index is 0.0861. The van der Waals surface area contributed by atoms with Crippen LogP contribution in [0.1, 0.15) is 35.8 Å². The molecule has 26 heavy (non-hydrogen) atoms. The lowest BCUT2D eigenvalue weighted by atomic mass is 9.99. The van der Waals surface area contributed by atoms with Gasteiger partial charge in [0, 0.05) is 9.60 Å². The third-order valence-corrected chi connectivity index (χ3v) is 3.62. The summed E-state index contributed by atoms with van der Waals surface area (Å²) in [5, 5.41) is 11.9. The lowest BCUT2D eigenvalue weighted by Gasteiger charge is -2.27. The molecule has 0 spiro atoms. The summed E-state index contributed by atoms with van der Waals surface area (Å²) < 4.78 is 67.1. The molecule has 0 N–H and O–H groups in total. The van der Waals surface area contributed by atoms with Crippen molar-refractivity contribution in [2.24, 2.45) is 11.2 Å². The normalized spacial score (nSPS) is 18.6. The topological polar surface area (TPSA) is 82.8 Å². The average Bonchev–Trinajstić information content (AvgIpc) is 2.79. The molecule has 0 aliphatic rings. The zero-order chi connectivity index (χ0) is 25.9. The third kappa shape index (κ3) is 4.25. The van der Waals surface area contributed by atoms with Gasteiger partial charge in [-0.15, -0.1) is 4.91 Å². The number of carbonyl (C=O) groups excluding carboxylic acids is 1. The van der Waals surface area contributed by atoms with Crippen LogP contribution in [0, 0.1) is 22.1 Å². The molecule has 2 aromatic rings. The highest BCUT2D eigenvalue weighted by Crippen LogP contribution is 2.24. The van der Waals surface area contributed by atoms with Gasteiger partial charge in [0.05, 0.1) is 31.9 Å². The van der Waals surface area contributed by atoms with E-state index in [-0.39, 0.29) is 10.6 Å². The third-order valence-electron chi connectivity index (χ3n) is 3.62. The predicted molar refractivity (Wildman–Crippen MR) is 98.6 cm³/mol. The quantitative estimate of drug-likeness (QED) is 0.425. The highest BCUT2D eigenvalue weighted by molar-refractivity contribution is 5.76. The van der Waals surface area contributed by atoms with E-state index >= 15 is 0 Å². The van der Waals surface area contributed by atoms with Gasteiger partial charge in [-0.1, -0.05) is 56.2 Å². The molecule has 0 saturated carbocycles. The summed E-state index contributed by atoms with van der Waals surface area (Å²) in [6, 6.07) is 11.4. The van der Waals surface area contributed by atoms with E-state index in [2.05, 4.69) is 16.1 Å². The average molecular weight is 359 g/mol. The molecule has 1 atom stereocenters. The maximum Gasteiger partial charge on any atom is 0.330 e. The van der Waals surface area contributed by atoms with E-state index in [9.17, 15) is 15.0 Å². The molecule has 0 heterocycles. The zero-order valence-electron chi connectivity index (χ0n) is 21.9. The monoisotopic (exact) mass is 359 g/mol. The molecular weight excluding hydrogens is 330 g/mol. The lowest BCUT2D eigenvalue weighted by Crippen LogP contribution is -2.41. The van der Waals surface area contributed by atoms with Gasteiger partial charge in [-0.2, -0.15) is 5.26 Å². The van der Waals surface area contributed by atoms with Crippen molar-refractivity contribution in [3.63, 3.8) is 0 Å². The van der Waals surface area contributed by atoms with E-state index in [0.717, 1.165) is 7.11 Å². The second-order valence-electron chi connectivity index (χ2n) is 5.21. The van der Waals surface area contributed by atoms with Crippen molar-refractivity contribution >= 4 is 5.97 Å². The molecule has 0 bridgehead atoms. The molecule has 0 aromatic heterocycles. The lowest BCUT2D eigenvalue weighted by molar-refractivity contribution is -0.149. The summed E-state index contributed by atoms with van der Waals surface area (Å²) in [5.74, 6) is -5.53. The van der Waals surface area contributed by atoms with Crippen LogP contribution in [0.25, 0.3) is 11.1 Å². The maximum absolute atomic E-state index is 12.6. The Kier molecular flexibility index (Phi) is 3.61. The van der Waals surface area contributed by atoms with Crippen molar-refractivity contribution in [1.29, 1.82) is 5.26 Å². The number of ether oxygens (including phenoxy) is 1. The Morgan fingerprint density at radius 3 is 2.58 bits per heavy atom. The Hall–Kier alpha value is -3.20. The van der Waals surface area contributed by atoms with Gasteiger partial charge in [-0.25, -0.2) is 9.80 Å². The van der Waals surface area contributed by atoms with Crippen molar-refractivity contribution in [2.75, 3.05) is 7.11 Å². The molecule has 0 fully saturated rings. The Morgan fingerprint density at radius 2 is 2.00 bits per heavy atom. The highest BCUT2D eigenvalue weighted by atomic mass is 16.5. The molecule has 0 saturated heterocycles. The molecule has 2 rings (SSSR count). The number of rotatable bonds is 7. The number of methoxy groups -OCH3 is 1. The van der Waals surface area contributed by atoms with Gasteiger partial charge in [-0.05, 0) is 28.7 Å². The Bertz CT molecular complexity index is 1080. The van der Waals surface area contributed by atoms with Gasteiger partial charge in [0.25, 0.3) is 0 Å². The van der Waals surface area contributed by atoms with Crippen LogP contribution in [0.3, 0.4) is 0 Å². The summed E-state index contributed by atoms with van der Waals surface area (Å²) in [5.41, 5.74) is 1.92. The van der Waals surface area contributed by atoms with Crippen molar-refractivity contribution in [1.82, 2.24) is 5.01 Å². The standard InChI is InChI=1S/C20H21N3O3/c1-14(2)19(20(24)26-3)23(22-25)13-15-8-10-16(11-9-15)18-7-5-4-6-17(18)12-21/h4-11,14,19H,13H2,1-3H3/t19-/m0/s1/i1D3,2D3,14D,19D. The molecule has 0 aliphatic heterocycles. The maximum atomic E-state index is 12.6. The minimum atomic E-state index is -3.79. The van der Waals surface area contributed by atoms with E-state index in [1.165, 1.54) is 12.1 Å². The van der Waals surface area contributed by atoms with Crippen LogP contribution in [-0.4, -0.2) is 24.1 Å². The molecule has 134 valence electrons. The number of hydrogen-bond acceptors (Lipinski definition) is 5. The molecule has 0 aliphatic carbocycles. The van der Waals surface area contributed by atoms with Crippen LogP contribution in [0.4, 0.5) is 0 Å². The second kappa shape index (κ2) is 8.77. The number of esters is 1. The van der Waals surface area contributed by atoms with Gasteiger partial charge in [0.1, 0.15) is 0 Å². The molecule has 6 heteroatoms. The highest BCUT2D eigenvalue weighted by Gasteiger charge is 2.30. The number of nitriles is 1. The summed E-state index contributed by atoms with van der Waals surface area (Å²) >= 11 is 0. The van der Waals surface area contributed by atoms with Crippen molar-refractivity contribution in [3.05, 3.63) is 64.6 Å². The van der Waals surface area contributed by atoms with Crippen LogP contribution >= 0.6 is 0 Å². The first-order chi connectivity index (χ1) is 15.7. The number of nitrogens with zero attached hydrogens (tertiary/aromatic N) is 3. The van der Waals surface area contributed by atoms with Gasteiger partial charge in [0.2, 0.25) is 0 Å². The molecule has 2 aromatic carbocycles. The van der Waals surface area contributed by atoms with Crippen LogP contribution < -0.4 is 0 Å². The first kappa shape index (κ1) is 10.7. The van der Waals surface area contributed by atoms with Crippen LogP contribution in [-0.2, 0) is 16.1 Å². The van der Waals surface area contributed by atoms with Crippen LogP contribution in [0.5, 0.6) is 0 Å². The largest absolute Gasteiger partial charge is 0.467 e. The first-order valence-electron chi connectivity index (χ1n) is 11.5. The van der Waals surface area contributed by atoms with Crippen LogP contribution in [0.15, 0.2) is 53.8 Å². The van der Waals surface area contributed by atoms with Crippen molar-refractivity contribution in [3.8, 4) is 17.2 Å². The van der Waals surface area contributed by atoms with E-state index in [1.54, 1.807) is 36.4 Å². The number of hydrogen-bond donors (Lipinski definition) is 0. The summed E-state index contributed by atoms with van der Waals surface area (Å²) in [6.07, 6.45) is 0. The van der Waals surface area contributed by atoms with Crippen molar-refractivity contribution < 1.29 is 20.5 Å². The van der Waals surface area contributed by atoms with E-state index in [0.29, 0.717) is 16.7 Å².